The van der Waals surface area contributed by atoms with Gasteiger partial charge < -0.3 is 10.6 Å². The minimum absolute atomic E-state index is 0.224. The van der Waals surface area contributed by atoms with Crippen molar-refractivity contribution in [1.29, 1.82) is 0 Å². The van der Waals surface area contributed by atoms with E-state index in [4.69, 9.17) is 11.6 Å². The van der Waals surface area contributed by atoms with Crippen LogP contribution in [-0.4, -0.2) is 13.1 Å². The lowest BCUT2D eigenvalue weighted by Crippen LogP contribution is -2.14. The summed E-state index contributed by atoms with van der Waals surface area (Å²) in [7, 11) is 0. The van der Waals surface area contributed by atoms with E-state index < -0.39 is 0 Å². The lowest BCUT2D eigenvalue weighted by atomic mass is 10.2. The van der Waals surface area contributed by atoms with Crippen LogP contribution in [-0.2, 0) is 0 Å². The fourth-order valence-electron chi connectivity index (χ4n) is 1.76. The van der Waals surface area contributed by atoms with E-state index in [1.165, 1.54) is 12.1 Å². The van der Waals surface area contributed by atoms with Crippen LogP contribution in [0.4, 0.5) is 15.8 Å². The Kier molecular flexibility index (Phi) is 4.63. The molecule has 0 spiro atoms. The van der Waals surface area contributed by atoms with E-state index in [9.17, 15) is 4.39 Å². The van der Waals surface area contributed by atoms with E-state index in [1.54, 1.807) is 12.1 Å². The van der Waals surface area contributed by atoms with Crippen LogP contribution in [0.15, 0.2) is 42.5 Å². The Hall–Kier alpha value is -1.74. The van der Waals surface area contributed by atoms with Crippen molar-refractivity contribution in [2.75, 3.05) is 23.7 Å². The molecule has 2 nitrogen and oxygen atoms in total. The van der Waals surface area contributed by atoms with Gasteiger partial charge in [0.2, 0.25) is 0 Å². The molecule has 0 fully saturated rings. The second-order valence-corrected chi connectivity index (χ2v) is 4.76. The zero-order valence-corrected chi connectivity index (χ0v) is 11.5. The Bertz CT molecular complexity index is 540. The maximum atomic E-state index is 12.7. The van der Waals surface area contributed by atoms with Gasteiger partial charge in [0.15, 0.2) is 0 Å². The lowest BCUT2D eigenvalue weighted by molar-refractivity contribution is 0.628. The standard InChI is InChI=1S/C15H16ClFN2/c1-11-2-3-12(16)10-15(11)19-9-8-18-14-6-4-13(17)5-7-14/h2-7,10,18-19H,8-9H2,1H3. The van der Waals surface area contributed by atoms with Gasteiger partial charge in [-0.3, -0.25) is 0 Å². The summed E-state index contributed by atoms with van der Waals surface area (Å²) in [6.07, 6.45) is 0. The van der Waals surface area contributed by atoms with E-state index in [-0.39, 0.29) is 5.82 Å². The Morgan fingerprint density at radius 2 is 1.68 bits per heavy atom. The lowest BCUT2D eigenvalue weighted by Gasteiger charge is -2.11. The molecule has 0 saturated heterocycles. The molecule has 0 unspecified atom stereocenters. The minimum atomic E-state index is -0.224. The molecule has 4 heteroatoms. The molecule has 0 aliphatic rings. The van der Waals surface area contributed by atoms with Crippen molar-refractivity contribution in [2.24, 2.45) is 0 Å². The Labute approximate surface area is 117 Å². The first-order chi connectivity index (χ1) is 9.15. The highest BCUT2D eigenvalue weighted by Gasteiger charge is 1.98. The molecule has 2 aromatic rings. The van der Waals surface area contributed by atoms with Crippen LogP contribution < -0.4 is 10.6 Å². The van der Waals surface area contributed by atoms with Gasteiger partial charge in [0.05, 0.1) is 0 Å². The van der Waals surface area contributed by atoms with Crippen LogP contribution in [0.3, 0.4) is 0 Å². The second-order valence-electron chi connectivity index (χ2n) is 4.32. The van der Waals surface area contributed by atoms with E-state index in [0.29, 0.717) is 0 Å². The number of hydrogen-bond acceptors (Lipinski definition) is 2. The highest BCUT2D eigenvalue weighted by atomic mass is 35.5. The maximum Gasteiger partial charge on any atom is 0.123 e. The van der Waals surface area contributed by atoms with Crippen molar-refractivity contribution in [3.63, 3.8) is 0 Å². The fraction of sp³-hybridized carbons (Fsp3) is 0.200. The third kappa shape index (κ3) is 4.14. The first-order valence-corrected chi connectivity index (χ1v) is 6.52. The molecule has 0 amide bonds. The van der Waals surface area contributed by atoms with Crippen molar-refractivity contribution >= 4 is 23.0 Å². The predicted molar refractivity (Wildman–Crippen MR) is 79.6 cm³/mol. The van der Waals surface area contributed by atoms with Crippen LogP contribution in [0, 0.1) is 12.7 Å². The summed E-state index contributed by atoms with van der Waals surface area (Å²) in [5.74, 6) is -0.224. The van der Waals surface area contributed by atoms with Crippen LogP contribution in [0.5, 0.6) is 0 Å². The third-order valence-corrected chi connectivity index (χ3v) is 3.05. The molecule has 0 saturated carbocycles. The van der Waals surface area contributed by atoms with Crippen LogP contribution in [0.2, 0.25) is 5.02 Å². The minimum Gasteiger partial charge on any atom is -0.383 e. The average molecular weight is 279 g/mol. The van der Waals surface area contributed by atoms with Gasteiger partial charge in [-0.15, -0.1) is 0 Å². The van der Waals surface area contributed by atoms with Crippen molar-refractivity contribution in [2.45, 2.75) is 6.92 Å². The molecule has 0 aromatic heterocycles. The van der Waals surface area contributed by atoms with Gasteiger partial charge in [0, 0.05) is 29.5 Å². The van der Waals surface area contributed by atoms with Gasteiger partial charge in [0.25, 0.3) is 0 Å². The summed E-state index contributed by atoms with van der Waals surface area (Å²) < 4.78 is 12.7. The van der Waals surface area contributed by atoms with Gasteiger partial charge in [-0.05, 0) is 48.9 Å². The van der Waals surface area contributed by atoms with Crippen LogP contribution >= 0.6 is 11.6 Å². The summed E-state index contributed by atoms with van der Waals surface area (Å²) in [6.45, 7) is 3.54. The number of nitrogens with one attached hydrogen (secondary N) is 2. The molecule has 0 heterocycles. The molecule has 0 radical (unpaired) electrons. The van der Waals surface area contributed by atoms with E-state index in [1.807, 2.05) is 25.1 Å². The second kappa shape index (κ2) is 6.43. The molecule has 2 N–H and O–H groups in total. The SMILES string of the molecule is Cc1ccc(Cl)cc1NCCNc1ccc(F)cc1. The van der Waals surface area contributed by atoms with Gasteiger partial charge in [0.1, 0.15) is 5.82 Å². The fourth-order valence-corrected chi connectivity index (χ4v) is 1.93. The van der Waals surface area contributed by atoms with E-state index in [0.717, 1.165) is 35.1 Å². The number of anilines is 2. The maximum absolute atomic E-state index is 12.7. The molecular formula is C15H16ClFN2. The molecular weight excluding hydrogens is 263 g/mol. The van der Waals surface area contributed by atoms with Crippen molar-refractivity contribution in [1.82, 2.24) is 0 Å². The first kappa shape index (κ1) is 13.7. The normalized spacial score (nSPS) is 10.3. The summed E-state index contributed by atoms with van der Waals surface area (Å²) >= 11 is 5.95. The first-order valence-electron chi connectivity index (χ1n) is 6.14. The zero-order chi connectivity index (χ0) is 13.7. The molecule has 19 heavy (non-hydrogen) atoms. The molecule has 100 valence electrons. The Morgan fingerprint density at radius 3 is 2.42 bits per heavy atom. The number of hydrogen-bond donors (Lipinski definition) is 2. The summed E-state index contributed by atoms with van der Waals surface area (Å²) in [5.41, 5.74) is 3.10. The molecule has 0 atom stereocenters. The van der Waals surface area contributed by atoms with Gasteiger partial charge in [-0.25, -0.2) is 4.39 Å². The van der Waals surface area contributed by atoms with Crippen molar-refractivity contribution in [3.05, 3.63) is 58.9 Å². The Morgan fingerprint density at radius 1 is 1.00 bits per heavy atom. The Balaban J connectivity index is 1.80. The van der Waals surface area contributed by atoms with E-state index >= 15 is 0 Å². The molecule has 0 aliphatic heterocycles. The van der Waals surface area contributed by atoms with Crippen LogP contribution in [0.1, 0.15) is 5.56 Å². The number of aryl methyl sites for hydroxylation is 1. The highest BCUT2D eigenvalue weighted by molar-refractivity contribution is 6.30. The summed E-state index contributed by atoms with van der Waals surface area (Å²) in [6, 6.07) is 12.1. The molecule has 2 aromatic carbocycles. The highest BCUT2D eigenvalue weighted by Crippen LogP contribution is 2.19. The third-order valence-electron chi connectivity index (χ3n) is 2.81. The van der Waals surface area contributed by atoms with Gasteiger partial charge in [-0.2, -0.15) is 0 Å². The van der Waals surface area contributed by atoms with Gasteiger partial charge >= 0.3 is 0 Å². The molecule has 2 rings (SSSR count). The predicted octanol–water partition coefficient (Wildman–Crippen LogP) is 4.31. The quantitative estimate of drug-likeness (QED) is 0.796. The number of benzene rings is 2. The summed E-state index contributed by atoms with van der Waals surface area (Å²) in [4.78, 5) is 0. The molecule has 0 bridgehead atoms. The average Bonchev–Trinajstić information content (AvgIpc) is 2.40. The van der Waals surface area contributed by atoms with Crippen molar-refractivity contribution in [3.8, 4) is 0 Å². The number of rotatable bonds is 5. The van der Waals surface area contributed by atoms with Gasteiger partial charge in [-0.1, -0.05) is 17.7 Å². The van der Waals surface area contributed by atoms with E-state index in [2.05, 4.69) is 10.6 Å². The monoisotopic (exact) mass is 278 g/mol. The molecule has 0 aliphatic carbocycles. The topological polar surface area (TPSA) is 24.1 Å². The smallest absolute Gasteiger partial charge is 0.123 e. The zero-order valence-electron chi connectivity index (χ0n) is 10.7. The number of halogens is 2. The largest absolute Gasteiger partial charge is 0.383 e. The summed E-state index contributed by atoms with van der Waals surface area (Å²) in [5, 5.41) is 7.25. The van der Waals surface area contributed by atoms with Crippen LogP contribution in [0.25, 0.3) is 0 Å². The van der Waals surface area contributed by atoms with Crippen molar-refractivity contribution < 1.29 is 4.39 Å².